The number of nitrogens with two attached hydrogens (primary N) is 1. The van der Waals surface area contributed by atoms with E-state index in [0.717, 1.165) is 9.90 Å². The maximum atomic E-state index is 5.66. The van der Waals surface area contributed by atoms with Crippen LogP contribution in [0.2, 0.25) is 0 Å². The molecule has 0 aliphatic rings. The summed E-state index contributed by atoms with van der Waals surface area (Å²) >= 11 is 8.33. The Morgan fingerprint density at radius 3 is 2.92 bits per heavy atom. The number of hydrogen-bond acceptors (Lipinski definition) is 3. The number of anilines is 1. The zero-order chi connectivity index (χ0) is 8.72. The van der Waals surface area contributed by atoms with Crippen LogP contribution in [0.15, 0.2) is 22.4 Å². The lowest BCUT2D eigenvalue weighted by molar-refractivity contribution is 1.68. The number of thiophene rings is 1. The summed E-state index contributed by atoms with van der Waals surface area (Å²) in [5, 5.41) is 1.25. The molecular formula is C8H6INS2. The van der Waals surface area contributed by atoms with Crippen molar-refractivity contribution in [1.82, 2.24) is 0 Å². The monoisotopic (exact) mass is 307 g/mol. The minimum absolute atomic E-state index is 0.813. The fraction of sp³-hybridized carbons (Fsp3) is 0. The second-order valence-electron chi connectivity index (χ2n) is 2.48. The largest absolute Gasteiger partial charge is 0.399 e. The Balaban J connectivity index is 2.87. The minimum Gasteiger partial charge on any atom is -0.399 e. The molecule has 1 heterocycles. The average Bonchev–Trinajstić information content (AvgIpc) is 2.28. The highest BCUT2D eigenvalue weighted by atomic mass is 127. The van der Waals surface area contributed by atoms with Crippen molar-refractivity contribution in [2.24, 2.45) is 0 Å². The maximum Gasteiger partial charge on any atom is 0.0714 e. The lowest BCUT2D eigenvalue weighted by atomic mass is 10.2. The van der Waals surface area contributed by atoms with Crippen LogP contribution in [0.1, 0.15) is 0 Å². The fourth-order valence-corrected chi connectivity index (χ4v) is 3.35. The summed E-state index contributed by atoms with van der Waals surface area (Å²) in [6.07, 6.45) is 0. The van der Waals surface area contributed by atoms with Gasteiger partial charge in [0.05, 0.1) is 4.21 Å². The van der Waals surface area contributed by atoms with E-state index in [2.05, 4.69) is 35.2 Å². The van der Waals surface area contributed by atoms with Crippen LogP contribution in [0.5, 0.6) is 0 Å². The van der Waals surface area contributed by atoms with Crippen LogP contribution >= 0.6 is 46.6 Å². The topological polar surface area (TPSA) is 26.0 Å². The van der Waals surface area contributed by atoms with Gasteiger partial charge in [0.25, 0.3) is 0 Å². The van der Waals surface area contributed by atoms with Gasteiger partial charge in [0.2, 0.25) is 0 Å². The van der Waals surface area contributed by atoms with Crippen LogP contribution in [0.4, 0.5) is 5.69 Å². The van der Waals surface area contributed by atoms with Gasteiger partial charge in [-0.3, -0.25) is 0 Å². The summed E-state index contributed by atoms with van der Waals surface area (Å²) in [4.78, 5) is 0. The van der Waals surface area contributed by atoms with Gasteiger partial charge >= 0.3 is 0 Å². The molecule has 2 rings (SSSR count). The van der Waals surface area contributed by atoms with E-state index in [1.165, 1.54) is 13.7 Å². The lowest BCUT2D eigenvalue weighted by Crippen LogP contribution is -1.81. The van der Waals surface area contributed by atoms with Crippen molar-refractivity contribution in [2.75, 3.05) is 5.73 Å². The fourth-order valence-electron chi connectivity index (χ4n) is 1.07. The van der Waals surface area contributed by atoms with Gasteiger partial charge < -0.3 is 5.73 Å². The Hall–Kier alpha value is 0.0600. The van der Waals surface area contributed by atoms with Crippen LogP contribution in [0.3, 0.4) is 0 Å². The van der Waals surface area contributed by atoms with E-state index in [0.29, 0.717) is 0 Å². The van der Waals surface area contributed by atoms with Gasteiger partial charge in [-0.15, -0.1) is 24.0 Å². The van der Waals surface area contributed by atoms with E-state index in [1.807, 2.05) is 18.2 Å². The molecule has 1 aromatic heterocycles. The summed E-state index contributed by atoms with van der Waals surface area (Å²) in [7, 11) is 0. The third-order valence-electron chi connectivity index (χ3n) is 1.64. The van der Waals surface area contributed by atoms with Crippen molar-refractivity contribution < 1.29 is 0 Å². The van der Waals surface area contributed by atoms with Crippen LogP contribution in [-0.4, -0.2) is 0 Å². The molecule has 1 aromatic carbocycles. The second kappa shape index (κ2) is 3.08. The first kappa shape index (κ1) is 8.65. The molecule has 0 unspecified atom stereocenters. The van der Waals surface area contributed by atoms with Gasteiger partial charge in [-0.05, 0) is 34.7 Å². The summed E-state index contributed by atoms with van der Waals surface area (Å²) in [6, 6.07) is 5.95. The molecule has 0 bridgehead atoms. The molecule has 0 amide bonds. The number of fused-ring (bicyclic) bond motifs is 1. The Morgan fingerprint density at radius 2 is 2.17 bits per heavy atom. The van der Waals surface area contributed by atoms with Gasteiger partial charge in [0.1, 0.15) is 0 Å². The van der Waals surface area contributed by atoms with Gasteiger partial charge in [-0.25, -0.2) is 0 Å². The Labute approximate surface area is 93.5 Å². The quantitative estimate of drug-likeness (QED) is 0.435. The third kappa shape index (κ3) is 1.31. The molecular weight excluding hydrogens is 301 g/mol. The van der Waals surface area contributed by atoms with Crippen molar-refractivity contribution in [3.8, 4) is 0 Å². The number of rotatable bonds is 0. The molecule has 0 saturated carbocycles. The van der Waals surface area contributed by atoms with Crippen molar-refractivity contribution >= 4 is 62.3 Å². The summed E-state index contributed by atoms with van der Waals surface area (Å²) < 4.78 is 3.50. The summed E-state index contributed by atoms with van der Waals surface area (Å²) in [5.41, 5.74) is 6.48. The van der Waals surface area contributed by atoms with Gasteiger partial charge in [0, 0.05) is 19.3 Å². The first-order chi connectivity index (χ1) is 5.68. The third-order valence-corrected chi connectivity index (χ3v) is 5.00. The Bertz CT molecular complexity index is 436. The van der Waals surface area contributed by atoms with Crippen molar-refractivity contribution in [1.29, 1.82) is 0 Å². The molecule has 0 atom stereocenters. The molecule has 62 valence electrons. The molecule has 0 saturated heterocycles. The minimum atomic E-state index is 0.813. The van der Waals surface area contributed by atoms with Crippen LogP contribution in [0.25, 0.3) is 10.1 Å². The Kier molecular flexibility index (Phi) is 2.22. The standard InChI is InChI=1S/C8H6INS2/c9-7-5-2-1-4(10)3-6(5)12-8(7)11/h1-3,11H,10H2. The van der Waals surface area contributed by atoms with Crippen molar-refractivity contribution in [2.45, 2.75) is 4.21 Å². The van der Waals surface area contributed by atoms with Gasteiger partial charge in [-0.2, -0.15) is 0 Å². The van der Waals surface area contributed by atoms with E-state index in [9.17, 15) is 0 Å². The zero-order valence-corrected chi connectivity index (χ0v) is 9.91. The number of nitrogen functional groups attached to an aromatic ring is 1. The first-order valence-electron chi connectivity index (χ1n) is 3.35. The Morgan fingerprint density at radius 1 is 1.42 bits per heavy atom. The number of hydrogen-bond donors (Lipinski definition) is 2. The number of benzene rings is 1. The maximum absolute atomic E-state index is 5.66. The normalized spacial score (nSPS) is 10.8. The highest BCUT2D eigenvalue weighted by molar-refractivity contribution is 14.1. The van der Waals surface area contributed by atoms with Gasteiger partial charge in [-0.1, -0.05) is 6.07 Å². The predicted molar refractivity (Wildman–Crippen MR) is 66.2 cm³/mol. The molecule has 4 heteroatoms. The molecule has 1 nitrogen and oxygen atoms in total. The second-order valence-corrected chi connectivity index (χ2v) is 5.36. The molecule has 2 N–H and O–H groups in total. The van der Waals surface area contributed by atoms with E-state index in [-0.39, 0.29) is 0 Å². The zero-order valence-electron chi connectivity index (χ0n) is 6.04. The molecule has 0 aliphatic heterocycles. The SMILES string of the molecule is Nc1ccc2c(I)c(S)sc2c1. The van der Waals surface area contributed by atoms with E-state index in [1.54, 1.807) is 11.3 Å². The van der Waals surface area contributed by atoms with Gasteiger partial charge in [0.15, 0.2) is 0 Å². The van der Waals surface area contributed by atoms with Crippen LogP contribution in [-0.2, 0) is 0 Å². The molecule has 0 spiro atoms. The van der Waals surface area contributed by atoms with E-state index >= 15 is 0 Å². The molecule has 12 heavy (non-hydrogen) atoms. The van der Waals surface area contributed by atoms with Crippen LogP contribution < -0.4 is 5.73 Å². The molecule has 0 radical (unpaired) electrons. The predicted octanol–water partition coefficient (Wildman–Crippen LogP) is 3.38. The highest BCUT2D eigenvalue weighted by Gasteiger charge is 2.05. The number of thiol groups is 1. The lowest BCUT2D eigenvalue weighted by Gasteiger charge is -1.92. The molecule has 0 fully saturated rings. The van der Waals surface area contributed by atoms with Crippen molar-refractivity contribution in [3.63, 3.8) is 0 Å². The van der Waals surface area contributed by atoms with E-state index in [4.69, 9.17) is 5.73 Å². The van der Waals surface area contributed by atoms with Crippen LogP contribution in [0, 0.1) is 3.57 Å². The van der Waals surface area contributed by atoms with E-state index < -0.39 is 0 Å². The average molecular weight is 307 g/mol. The summed E-state index contributed by atoms with van der Waals surface area (Å²) in [6.45, 7) is 0. The van der Waals surface area contributed by atoms with Crippen molar-refractivity contribution in [3.05, 3.63) is 21.8 Å². The highest BCUT2D eigenvalue weighted by Crippen LogP contribution is 2.35. The number of halogens is 1. The molecule has 2 aromatic rings. The first-order valence-corrected chi connectivity index (χ1v) is 5.69. The smallest absolute Gasteiger partial charge is 0.0714 e. The summed E-state index contributed by atoms with van der Waals surface area (Å²) in [5.74, 6) is 0. The molecule has 0 aliphatic carbocycles.